The van der Waals surface area contributed by atoms with E-state index >= 15 is 0 Å². The second-order valence-corrected chi connectivity index (χ2v) is 7.40. The van der Waals surface area contributed by atoms with Crippen molar-refractivity contribution in [2.45, 2.75) is 82.2 Å². The lowest BCUT2D eigenvalue weighted by Gasteiger charge is -2.42. The summed E-state index contributed by atoms with van der Waals surface area (Å²) in [5.74, 6) is 1.35. The maximum absolute atomic E-state index is 6.06. The van der Waals surface area contributed by atoms with Gasteiger partial charge in [0.15, 0.2) is 0 Å². The number of thioether (sulfide) groups is 1. The van der Waals surface area contributed by atoms with Crippen molar-refractivity contribution in [3.8, 4) is 0 Å². The van der Waals surface area contributed by atoms with E-state index in [9.17, 15) is 0 Å². The maximum Gasteiger partial charge on any atom is 0.0692 e. The van der Waals surface area contributed by atoms with Crippen molar-refractivity contribution < 1.29 is 4.74 Å². The van der Waals surface area contributed by atoms with Crippen molar-refractivity contribution >= 4 is 11.8 Å². The fourth-order valence-corrected chi connectivity index (χ4v) is 4.51. The van der Waals surface area contributed by atoms with Gasteiger partial charge in [-0.3, -0.25) is 0 Å². The quantitative estimate of drug-likeness (QED) is 0.844. The highest BCUT2D eigenvalue weighted by Crippen LogP contribution is 2.33. The summed E-state index contributed by atoms with van der Waals surface area (Å²) in [4.78, 5) is 0. The molecule has 0 amide bonds. The zero-order chi connectivity index (χ0) is 13.0. The van der Waals surface area contributed by atoms with E-state index in [1.807, 2.05) is 0 Å². The molecule has 2 aliphatic heterocycles. The summed E-state index contributed by atoms with van der Waals surface area (Å²) >= 11 is 2.13. The molecule has 0 aromatic rings. The standard InChI is InChI=1S/C15H29NOS/c1-4-15(5-2)11-13(8-9-17-15)16-14-7-6-10-18-12(14)3/h12-14,16H,4-11H2,1-3H3. The molecule has 0 aromatic heterocycles. The van der Waals surface area contributed by atoms with Gasteiger partial charge in [0, 0.05) is 23.9 Å². The second-order valence-electron chi connectivity index (χ2n) is 5.92. The fourth-order valence-electron chi connectivity index (χ4n) is 3.36. The first-order chi connectivity index (χ1) is 8.69. The van der Waals surface area contributed by atoms with Crippen LogP contribution in [0.25, 0.3) is 0 Å². The Kier molecular flexibility index (Phi) is 5.40. The molecule has 2 fully saturated rings. The Morgan fingerprint density at radius 3 is 2.72 bits per heavy atom. The van der Waals surface area contributed by atoms with Crippen LogP contribution in [0, 0.1) is 0 Å². The molecule has 2 heterocycles. The van der Waals surface area contributed by atoms with Crippen molar-refractivity contribution in [2.75, 3.05) is 12.4 Å². The van der Waals surface area contributed by atoms with Gasteiger partial charge in [0.25, 0.3) is 0 Å². The van der Waals surface area contributed by atoms with Crippen molar-refractivity contribution in [2.24, 2.45) is 0 Å². The van der Waals surface area contributed by atoms with Gasteiger partial charge in [-0.25, -0.2) is 0 Å². The third kappa shape index (κ3) is 3.43. The van der Waals surface area contributed by atoms with Gasteiger partial charge >= 0.3 is 0 Å². The zero-order valence-corrected chi connectivity index (χ0v) is 13.0. The molecular formula is C15H29NOS. The number of hydrogen-bond donors (Lipinski definition) is 1. The average molecular weight is 271 g/mol. The van der Waals surface area contributed by atoms with Gasteiger partial charge in [-0.1, -0.05) is 20.8 Å². The molecule has 2 rings (SSSR count). The van der Waals surface area contributed by atoms with Crippen molar-refractivity contribution in [1.82, 2.24) is 5.32 Å². The Bertz CT molecular complexity index is 255. The largest absolute Gasteiger partial charge is 0.375 e. The molecule has 0 aliphatic carbocycles. The van der Waals surface area contributed by atoms with Crippen LogP contribution in [0.3, 0.4) is 0 Å². The molecule has 2 aliphatic rings. The van der Waals surface area contributed by atoms with Crippen LogP contribution in [0.5, 0.6) is 0 Å². The predicted octanol–water partition coefficient (Wildman–Crippen LogP) is 3.60. The molecule has 0 aromatic carbocycles. The lowest BCUT2D eigenvalue weighted by Crippen LogP contribution is -2.52. The molecule has 0 bridgehead atoms. The van der Waals surface area contributed by atoms with E-state index in [-0.39, 0.29) is 5.60 Å². The van der Waals surface area contributed by atoms with E-state index in [1.54, 1.807) is 0 Å². The van der Waals surface area contributed by atoms with Gasteiger partial charge < -0.3 is 10.1 Å². The van der Waals surface area contributed by atoms with Crippen molar-refractivity contribution in [3.63, 3.8) is 0 Å². The molecule has 2 nitrogen and oxygen atoms in total. The Balaban J connectivity index is 1.88. The normalized spacial score (nSPS) is 36.5. The summed E-state index contributed by atoms with van der Waals surface area (Å²) in [5, 5.41) is 4.71. The molecule has 1 N–H and O–H groups in total. The van der Waals surface area contributed by atoms with Gasteiger partial charge in [0.1, 0.15) is 0 Å². The molecule has 3 heteroatoms. The smallest absolute Gasteiger partial charge is 0.0692 e. The van der Waals surface area contributed by atoms with Crippen LogP contribution in [0.15, 0.2) is 0 Å². The van der Waals surface area contributed by atoms with Crippen LogP contribution >= 0.6 is 11.8 Å². The second kappa shape index (κ2) is 6.62. The van der Waals surface area contributed by atoms with Crippen LogP contribution in [0.1, 0.15) is 59.3 Å². The number of hydrogen-bond acceptors (Lipinski definition) is 3. The summed E-state index contributed by atoms with van der Waals surface area (Å²) in [5.41, 5.74) is 0.154. The topological polar surface area (TPSA) is 21.3 Å². The molecule has 3 unspecified atom stereocenters. The highest BCUT2D eigenvalue weighted by atomic mass is 32.2. The Hall–Kier alpha value is 0.270. The minimum Gasteiger partial charge on any atom is -0.375 e. The molecule has 18 heavy (non-hydrogen) atoms. The highest BCUT2D eigenvalue weighted by Gasteiger charge is 2.36. The van der Waals surface area contributed by atoms with E-state index in [4.69, 9.17) is 4.74 Å². The number of rotatable bonds is 4. The van der Waals surface area contributed by atoms with Gasteiger partial charge in [-0.15, -0.1) is 0 Å². The summed E-state index contributed by atoms with van der Waals surface area (Å²) in [6.45, 7) is 7.86. The predicted molar refractivity (Wildman–Crippen MR) is 80.4 cm³/mol. The lowest BCUT2D eigenvalue weighted by atomic mass is 9.85. The van der Waals surface area contributed by atoms with Crippen LogP contribution in [-0.2, 0) is 4.74 Å². The molecule has 0 saturated carbocycles. The summed E-state index contributed by atoms with van der Waals surface area (Å²) in [6, 6.07) is 1.39. The van der Waals surface area contributed by atoms with Gasteiger partial charge in [-0.05, 0) is 44.3 Å². The van der Waals surface area contributed by atoms with Crippen molar-refractivity contribution in [3.05, 3.63) is 0 Å². The number of ether oxygens (including phenoxy) is 1. The molecule has 3 atom stereocenters. The third-order valence-corrected chi connectivity index (χ3v) is 6.22. The van der Waals surface area contributed by atoms with Crippen LogP contribution in [0.4, 0.5) is 0 Å². The van der Waals surface area contributed by atoms with E-state index in [0.29, 0.717) is 6.04 Å². The Morgan fingerprint density at radius 1 is 1.28 bits per heavy atom. The average Bonchev–Trinajstić information content (AvgIpc) is 2.41. The van der Waals surface area contributed by atoms with E-state index in [0.717, 1.165) is 30.7 Å². The highest BCUT2D eigenvalue weighted by molar-refractivity contribution is 7.99. The molecule has 0 spiro atoms. The first-order valence-electron chi connectivity index (χ1n) is 7.70. The molecule has 106 valence electrons. The Morgan fingerprint density at radius 2 is 2.06 bits per heavy atom. The monoisotopic (exact) mass is 271 g/mol. The van der Waals surface area contributed by atoms with Crippen LogP contribution in [0.2, 0.25) is 0 Å². The van der Waals surface area contributed by atoms with Crippen LogP contribution < -0.4 is 5.32 Å². The summed E-state index contributed by atoms with van der Waals surface area (Å²) < 4.78 is 6.06. The van der Waals surface area contributed by atoms with Gasteiger partial charge in [0.2, 0.25) is 0 Å². The third-order valence-electron chi connectivity index (χ3n) is 4.84. The van der Waals surface area contributed by atoms with Gasteiger partial charge in [-0.2, -0.15) is 11.8 Å². The summed E-state index contributed by atoms with van der Waals surface area (Å²) in [7, 11) is 0. The van der Waals surface area contributed by atoms with Crippen LogP contribution in [-0.4, -0.2) is 35.3 Å². The lowest BCUT2D eigenvalue weighted by molar-refractivity contribution is -0.0941. The van der Waals surface area contributed by atoms with E-state index in [2.05, 4.69) is 37.8 Å². The van der Waals surface area contributed by atoms with Crippen molar-refractivity contribution in [1.29, 1.82) is 0 Å². The summed E-state index contributed by atoms with van der Waals surface area (Å²) in [6.07, 6.45) is 7.43. The molecule has 0 radical (unpaired) electrons. The van der Waals surface area contributed by atoms with E-state index in [1.165, 1.54) is 31.4 Å². The molecular weight excluding hydrogens is 242 g/mol. The Labute approximate surface area is 117 Å². The minimum absolute atomic E-state index is 0.154. The number of nitrogens with one attached hydrogen (secondary N) is 1. The SMILES string of the molecule is CCC1(CC)CC(NC2CCCSC2C)CCO1. The minimum atomic E-state index is 0.154. The van der Waals surface area contributed by atoms with E-state index < -0.39 is 0 Å². The first-order valence-corrected chi connectivity index (χ1v) is 8.75. The maximum atomic E-state index is 6.06. The first kappa shape index (κ1) is 14.7. The fraction of sp³-hybridized carbons (Fsp3) is 1.00. The molecule has 2 saturated heterocycles. The van der Waals surface area contributed by atoms with Gasteiger partial charge in [0.05, 0.1) is 5.60 Å². The zero-order valence-electron chi connectivity index (χ0n) is 12.2.